The third-order valence-corrected chi connectivity index (χ3v) is 6.35. The number of carboxylic acids is 2. The maximum Gasteiger partial charge on any atom is 0.490 e. The summed E-state index contributed by atoms with van der Waals surface area (Å²) < 4.78 is 37.2. The molecular formula is C22H35F3N4O5. The van der Waals surface area contributed by atoms with Gasteiger partial charge in [-0.05, 0) is 19.4 Å². The summed E-state index contributed by atoms with van der Waals surface area (Å²) in [6.07, 6.45) is 4.77. The average molecular weight is 493 g/mol. The van der Waals surface area contributed by atoms with Crippen molar-refractivity contribution < 1.29 is 37.5 Å². The number of aromatic nitrogens is 2. The van der Waals surface area contributed by atoms with Gasteiger partial charge < -0.3 is 19.6 Å². The number of hydrogen-bond donors (Lipinski definition) is 2. The third kappa shape index (κ3) is 10.4. The number of likely N-dealkylation sites (N-methyl/N-ethyl adjacent to an activating group) is 1. The van der Waals surface area contributed by atoms with Gasteiger partial charge in [0.1, 0.15) is 0 Å². The summed E-state index contributed by atoms with van der Waals surface area (Å²) in [4.78, 5) is 29.4. The molecule has 1 atom stereocenters. The summed E-state index contributed by atoms with van der Waals surface area (Å²) in [6.45, 7) is 4.78. The van der Waals surface area contributed by atoms with Crippen LogP contribution in [0.3, 0.4) is 0 Å². The van der Waals surface area contributed by atoms with Crippen LogP contribution in [0.4, 0.5) is 13.2 Å². The Morgan fingerprint density at radius 1 is 1.12 bits per heavy atom. The Balaban J connectivity index is 0.000000509. The molecule has 1 aliphatic heterocycles. The van der Waals surface area contributed by atoms with Crippen molar-refractivity contribution in [3.63, 3.8) is 0 Å². The smallest absolute Gasteiger partial charge is 0.481 e. The molecule has 0 spiro atoms. The largest absolute Gasteiger partial charge is 0.490 e. The van der Waals surface area contributed by atoms with Gasteiger partial charge in [0.25, 0.3) is 0 Å². The van der Waals surface area contributed by atoms with Crippen molar-refractivity contribution in [3.05, 3.63) is 11.7 Å². The number of carboxylic acid groups (broad SMARTS) is 2. The van der Waals surface area contributed by atoms with Crippen LogP contribution >= 0.6 is 0 Å². The van der Waals surface area contributed by atoms with E-state index in [0.717, 1.165) is 44.9 Å². The Hall–Kier alpha value is -2.21. The summed E-state index contributed by atoms with van der Waals surface area (Å²) in [6, 6.07) is 0. The zero-order valence-electron chi connectivity index (χ0n) is 19.6. The Labute approximate surface area is 197 Å². The molecule has 2 N–H and O–H groups in total. The second kappa shape index (κ2) is 13.6. The van der Waals surface area contributed by atoms with Crippen LogP contribution < -0.4 is 0 Å². The van der Waals surface area contributed by atoms with Gasteiger partial charge >= 0.3 is 18.1 Å². The van der Waals surface area contributed by atoms with Crippen molar-refractivity contribution in [2.75, 3.05) is 33.2 Å². The van der Waals surface area contributed by atoms with E-state index in [-0.39, 0.29) is 12.3 Å². The van der Waals surface area contributed by atoms with Crippen LogP contribution in [0.25, 0.3) is 0 Å². The molecule has 0 radical (unpaired) electrons. The highest BCUT2D eigenvalue weighted by molar-refractivity contribution is 5.73. The minimum Gasteiger partial charge on any atom is -0.481 e. The van der Waals surface area contributed by atoms with Crippen molar-refractivity contribution in [2.45, 2.75) is 76.4 Å². The highest BCUT2D eigenvalue weighted by atomic mass is 19.4. The Kier molecular flexibility index (Phi) is 11.2. The van der Waals surface area contributed by atoms with Crippen LogP contribution in [0.15, 0.2) is 4.52 Å². The lowest BCUT2D eigenvalue weighted by atomic mass is 9.84. The summed E-state index contributed by atoms with van der Waals surface area (Å²) in [7, 11) is 2.13. The Morgan fingerprint density at radius 3 is 2.29 bits per heavy atom. The summed E-state index contributed by atoms with van der Waals surface area (Å²) in [5, 5.41) is 20.5. The highest BCUT2D eigenvalue weighted by Crippen LogP contribution is 2.31. The van der Waals surface area contributed by atoms with Crippen molar-refractivity contribution in [1.82, 2.24) is 19.9 Å². The number of carbonyl (C=O) groups is 2. The lowest BCUT2D eigenvalue weighted by molar-refractivity contribution is -0.192. The van der Waals surface area contributed by atoms with Crippen molar-refractivity contribution in [3.8, 4) is 0 Å². The first-order chi connectivity index (χ1) is 16.0. The molecule has 0 bridgehead atoms. The topological polar surface area (TPSA) is 120 Å². The zero-order chi connectivity index (χ0) is 25.1. The van der Waals surface area contributed by atoms with E-state index in [4.69, 9.17) is 14.4 Å². The van der Waals surface area contributed by atoms with Gasteiger partial charge in [-0.2, -0.15) is 18.2 Å². The standard InChI is InChI=1S/C20H34N4O3.C2HF3O2/c1-23-10-12-24(13-11-23)15-18-21-20(27-22-18)17(14-19(25)26)9-5-8-16-6-3-2-4-7-16;3-2(4,5)1(6)7/h16-17H,2-15H2,1H3,(H,25,26);(H,6,7)/t17-;/m1./s1. The van der Waals surface area contributed by atoms with Gasteiger partial charge in [-0.1, -0.05) is 50.1 Å². The molecule has 34 heavy (non-hydrogen) atoms. The lowest BCUT2D eigenvalue weighted by Crippen LogP contribution is -2.44. The number of alkyl halides is 3. The molecule has 1 aliphatic carbocycles. The van der Waals surface area contributed by atoms with E-state index in [2.05, 4.69) is 27.0 Å². The number of piperazine rings is 1. The highest BCUT2D eigenvalue weighted by Gasteiger charge is 2.38. The monoisotopic (exact) mass is 492 g/mol. The van der Waals surface area contributed by atoms with Gasteiger partial charge in [-0.15, -0.1) is 0 Å². The molecule has 12 heteroatoms. The van der Waals surface area contributed by atoms with E-state index in [1.807, 2.05) is 0 Å². The van der Waals surface area contributed by atoms with E-state index in [0.29, 0.717) is 18.3 Å². The fraction of sp³-hybridized carbons (Fsp3) is 0.818. The number of rotatable bonds is 9. The average Bonchev–Trinajstić information content (AvgIpc) is 3.23. The van der Waals surface area contributed by atoms with Gasteiger partial charge in [0.2, 0.25) is 5.89 Å². The normalized spacial score (nSPS) is 19.3. The SMILES string of the molecule is CN1CCN(Cc2noc([C@H](CCCC3CCCCC3)CC(=O)O)n2)CC1.O=C(O)C(F)(F)F. The molecule has 1 saturated carbocycles. The third-order valence-electron chi connectivity index (χ3n) is 6.35. The Bertz CT molecular complexity index is 760. The second-order valence-corrected chi connectivity index (χ2v) is 9.16. The molecule has 9 nitrogen and oxygen atoms in total. The predicted molar refractivity (Wildman–Crippen MR) is 116 cm³/mol. The fourth-order valence-electron chi connectivity index (χ4n) is 4.36. The summed E-state index contributed by atoms with van der Waals surface area (Å²) >= 11 is 0. The molecule has 194 valence electrons. The van der Waals surface area contributed by atoms with E-state index >= 15 is 0 Å². The van der Waals surface area contributed by atoms with Gasteiger partial charge in [0, 0.05) is 32.1 Å². The molecule has 1 aromatic rings. The molecule has 2 aliphatic rings. The van der Waals surface area contributed by atoms with Crippen molar-refractivity contribution in [1.29, 1.82) is 0 Å². The summed E-state index contributed by atoms with van der Waals surface area (Å²) in [5.74, 6) is -1.72. The molecular weight excluding hydrogens is 457 g/mol. The fourth-order valence-corrected chi connectivity index (χ4v) is 4.36. The minimum atomic E-state index is -5.08. The second-order valence-electron chi connectivity index (χ2n) is 9.16. The number of halogens is 3. The van der Waals surface area contributed by atoms with Crippen LogP contribution in [0.1, 0.15) is 75.4 Å². The quantitative estimate of drug-likeness (QED) is 0.531. The first kappa shape index (κ1) is 28.0. The van der Waals surface area contributed by atoms with Gasteiger partial charge in [0.15, 0.2) is 5.82 Å². The van der Waals surface area contributed by atoms with Crippen LogP contribution in [0.2, 0.25) is 0 Å². The van der Waals surface area contributed by atoms with Gasteiger partial charge in [-0.25, -0.2) is 4.79 Å². The lowest BCUT2D eigenvalue weighted by Gasteiger charge is -2.31. The number of hydrogen-bond acceptors (Lipinski definition) is 7. The first-order valence-corrected chi connectivity index (χ1v) is 11.8. The van der Waals surface area contributed by atoms with Crippen LogP contribution in [0.5, 0.6) is 0 Å². The van der Waals surface area contributed by atoms with Crippen LogP contribution in [-0.4, -0.2) is 81.5 Å². The Morgan fingerprint density at radius 2 is 1.74 bits per heavy atom. The van der Waals surface area contributed by atoms with E-state index in [9.17, 15) is 23.1 Å². The molecule has 0 unspecified atom stereocenters. The molecule has 1 aromatic heterocycles. The first-order valence-electron chi connectivity index (χ1n) is 11.8. The molecule has 3 rings (SSSR count). The van der Waals surface area contributed by atoms with Crippen LogP contribution in [0, 0.1) is 5.92 Å². The minimum absolute atomic E-state index is 0.0702. The summed E-state index contributed by atoms with van der Waals surface area (Å²) in [5.41, 5.74) is 0. The molecule has 1 saturated heterocycles. The molecule has 0 aromatic carbocycles. The molecule has 2 heterocycles. The van der Waals surface area contributed by atoms with E-state index in [1.54, 1.807) is 0 Å². The maximum atomic E-state index is 11.3. The van der Waals surface area contributed by atoms with E-state index < -0.39 is 18.1 Å². The predicted octanol–water partition coefficient (Wildman–Crippen LogP) is 3.76. The van der Waals surface area contributed by atoms with Gasteiger partial charge in [-0.3, -0.25) is 9.69 Å². The van der Waals surface area contributed by atoms with E-state index in [1.165, 1.54) is 38.5 Å². The van der Waals surface area contributed by atoms with Crippen molar-refractivity contribution in [2.24, 2.45) is 5.92 Å². The van der Waals surface area contributed by atoms with Crippen molar-refractivity contribution >= 4 is 11.9 Å². The molecule has 2 fully saturated rings. The molecule has 0 amide bonds. The number of nitrogens with zero attached hydrogens (tertiary/aromatic N) is 4. The zero-order valence-corrected chi connectivity index (χ0v) is 19.6. The van der Waals surface area contributed by atoms with Crippen LogP contribution in [-0.2, 0) is 16.1 Å². The van der Waals surface area contributed by atoms with Gasteiger partial charge in [0.05, 0.1) is 13.0 Å². The number of aliphatic carboxylic acids is 2. The maximum absolute atomic E-state index is 11.3.